The van der Waals surface area contributed by atoms with Crippen LogP contribution in [0.25, 0.3) is 0 Å². The van der Waals surface area contributed by atoms with E-state index in [0.29, 0.717) is 5.84 Å². The van der Waals surface area contributed by atoms with Gasteiger partial charge < -0.3 is 5.73 Å². The topological polar surface area (TPSA) is 53.1 Å². The SMILES string of the molecule is CCCN(CC)C(CC)C(=N)N. The van der Waals surface area contributed by atoms with Crippen molar-refractivity contribution in [2.45, 2.75) is 39.7 Å². The maximum Gasteiger partial charge on any atom is 0.108 e. The molecule has 0 saturated carbocycles. The van der Waals surface area contributed by atoms with Crippen LogP contribution in [0, 0.1) is 5.41 Å². The molecule has 0 aromatic heterocycles. The second-order valence-electron chi connectivity index (χ2n) is 3.01. The monoisotopic (exact) mass is 171 g/mol. The van der Waals surface area contributed by atoms with E-state index in [0.717, 1.165) is 25.9 Å². The Morgan fingerprint density at radius 2 is 2.00 bits per heavy atom. The number of hydrogen-bond donors (Lipinski definition) is 2. The Morgan fingerprint density at radius 1 is 1.42 bits per heavy atom. The van der Waals surface area contributed by atoms with Crippen LogP contribution in [0.5, 0.6) is 0 Å². The minimum Gasteiger partial charge on any atom is -0.386 e. The molecule has 0 saturated heterocycles. The second kappa shape index (κ2) is 6.00. The molecule has 0 rings (SSSR count). The normalized spacial score (nSPS) is 13.3. The fourth-order valence-electron chi connectivity index (χ4n) is 1.50. The first-order valence-electron chi connectivity index (χ1n) is 4.75. The van der Waals surface area contributed by atoms with Gasteiger partial charge in [0, 0.05) is 0 Å². The Kier molecular flexibility index (Phi) is 5.72. The first kappa shape index (κ1) is 11.4. The predicted molar refractivity (Wildman–Crippen MR) is 53.5 cm³/mol. The van der Waals surface area contributed by atoms with Crippen LogP contribution >= 0.6 is 0 Å². The standard InChI is InChI=1S/C9H21N3/c1-4-7-12(6-3)8(5-2)9(10)11/h8H,4-7H2,1-3H3,(H3,10,11). The van der Waals surface area contributed by atoms with Gasteiger partial charge in [-0.3, -0.25) is 10.3 Å². The molecule has 0 aliphatic carbocycles. The van der Waals surface area contributed by atoms with E-state index in [9.17, 15) is 0 Å². The summed E-state index contributed by atoms with van der Waals surface area (Å²) in [5, 5.41) is 7.40. The van der Waals surface area contributed by atoms with Gasteiger partial charge in [-0.05, 0) is 25.9 Å². The van der Waals surface area contributed by atoms with Gasteiger partial charge in [-0.2, -0.15) is 0 Å². The Hall–Kier alpha value is -0.570. The summed E-state index contributed by atoms with van der Waals surface area (Å²) in [6.07, 6.45) is 2.06. The fraction of sp³-hybridized carbons (Fsp3) is 0.889. The number of likely N-dealkylation sites (N-methyl/N-ethyl adjacent to an activating group) is 1. The summed E-state index contributed by atoms with van der Waals surface area (Å²) < 4.78 is 0. The van der Waals surface area contributed by atoms with Crippen molar-refractivity contribution in [3.05, 3.63) is 0 Å². The third-order valence-corrected chi connectivity index (χ3v) is 2.10. The van der Waals surface area contributed by atoms with Crippen LogP contribution in [-0.4, -0.2) is 29.9 Å². The molecule has 3 N–H and O–H groups in total. The summed E-state index contributed by atoms with van der Waals surface area (Å²) in [5.74, 6) is 0.299. The molecule has 0 bridgehead atoms. The first-order chi connectivity index (χ1) is 5.67. The third kappa shape index (κ3) is 3.22. The molecule has 72 valence electrons. The molecule has 0 radical (unpaired) electrons. The molecule has 0 fully saturated rings. The molecule has 0 aliphatic heterocycles. The minimum absolute atomic E-state index is 0.148. The van der Waals surface area contributed by atoms with Crippen molar-refractivity contribution in [2.75, 3.05) is 13.1 Å². The summed E-state index contributed by atoms with van der Waals surface area (Å²) in [5.41, 5.74) is 5.50. The van der Waals surface area contributed by atoms with Gasteiger partial charge in [-0.25, -0.2) is 0 Å². The van der Waals surface area contributed by atoms with E-state index in [1.54, 1.807) is 0 Å². The van der Waals surface area contributed by atoms with Crippen LogP contribution in [0.3, 0.4) is 0 Å². The minimum atomic E-state index is 0.148. The summed E-state index contributed by atoms with van der Waals surface area (Å²) in [6.45, 7) is 8.35. The highest BCUT2D eigenvalue weighted by Crippen LogP contribution is 2.04. The second-order valence-corrected chi connectivity index (χ2v) is 3.01. The number of rotatable bonds is 6. The molecule has 0 amide bonds. The Morgan fingerprint density at radius 3 is 2.25 bits per heavy atom. The lowest BCUT2D eigenvalue weighted by Crippen LogP contribution is -2.44. The molecule has 0 aliphatic rings. The Bertz CT molecular complexity index is 134. The average molecular weight is 171 g/mol. The van der Waals surface area contributed by atoms with E-state index in [4.69, 9.17) is 11.1 Å². The third-order valence-electron chi connectivity index (χ3n) is 2.10. The number of nitrogens with one attached hydrogen (secondary N) is 1. The van der Waals surface area contributed by atoms with Gasteiger partial charge in [-0.1, -0.05) is 20.8 Å². The highest BCUT2D eigenvalue weighted by atomic mass is 15.2. The number of nitrogens with zero attached hydrogens (tertiary/aromatic N) is 1. The zero-order valence-corrected chi connectivity index (χ0v) is 8.43. The highest BCUT2D eigenvalue weighted by molar-refractivity contribution is 5.82. The summed E-state index contributed by atoms with van der Waals surface area (Å²) in [6, 6.07) is 0.148. The van der Waals surface area contributed by atoms with Crippen molar-refractivity contribution in [3.63, 3.8) is 0 Å². The molecule has 1 atom stereocenters. The molecule has 0 spiro atoms. The molecule has 0 aromatic rings. The van der Waals surface area contributed by atoms with E-state index in [1.807, 2.05) is 0 Å². The van der Waals surface area contributed by atoms with E-state index >= 15 is 0 Å². The molecule has 1 unspecified atom stereocenters. The zero-order chi connectivity index (χ0) is 9.56. The van der Waals surface area contributed by atoms with Crippen LogP contribution in [0.15, 0.2) is 0 Å². The maximum absolute atomic E-state index is 7.40. The van der Waals surface area contributed by atoms with Crippen molar-refractivity contribution >= 4 is 5.84 Å². The lowest BCUT2D eigenvalue weighted by Gasteiger charge is -2.28. The number of nitrogens with two attached hydrogens (primary N) is 1. The fourth-order valence-corrected chi connectivity index (χ4v) is 1.50. The van der Waals surface area contributed by atoms with Crippen LogP contribution < -0.4 is 5.73 Å². The largest absolute Gasteiger partial charge is 0.386 e. The quantitative estimate of drug-likeness (QED) is 0.469. The van der Waals surface area contributed by atoms with Crippen molar-refractivity contribution < 1.29 is 0 Å². The molecule has 3 nitrogen and oxygen atoms in total. The van der Waals surface area contributed by atoms with E-state index in [2.05, 4.69) is 25.7 Å². The summed E-state index contributed by atoms with van der Waals surface area (Å²) in [4.78, 5) is 2.25. The molecule has 12 heavy (non-hydrogen) atoms. The Balaban J connectivity index is 4.12. The molecule has 0 aromatic carbocycles. The van der Waals surface area contributed by atoms with Gasteiger partial charge in [0.05, 0.1) is 6.04 Å². The maximum atomic E-state index is 7.40. The van der Waals surface area contributed by atoms with Crippen LogP contribution in [0.4, 0.5) is 0 Å². The molecule has 3 heteroatoms. The summed E-state index contributed by atoms with van der Waals surface area (Å²) >= 11 is 0. The van der Waals surface area contributed by atoms with Gasteiger partial charge in [-0.15, -0.1) is 0 Å². The molecular formula is C9H21N3. The van der Waals surface area contributed by atoms with Crippen molar-refractivity contribution in [3.8, 4) is 0 Å². The van der Waals surface area contributed by atoms with Crippen molar-refractivity contribution in [1.29, 1.82) is 5.41 Å². The number of amidine groups is 1. The van der Waals surface area contributed by atoms with Gasteiger partial charge >= 0.3 is 0 Å². The van der Waals surface area contributed by atoms with Crippen LogP contribution in [-0.2, 0) is 0 Å². The van der Waals surface area contributed by atoms with E-state index in [-0.39, 0.29) is 6.04 Å². The highest BCUT2D eigenvalue weighted by Gasteiger charge is 2.16. The average Bonchev–Trinajstić information content (AvgIpc) is 2.03. The van der Waals surface area contributed by atoms with Gasteiger partial charge in [0.1, 0.15) is 5.84 Å². The van der Waals surface area contributed by atoms with Crippen LogP contribution in [0.2, 0.25) is 0 Å². The van der Waals surface area contributed by atoms with Crippen molar-refractivity contribution in [1.82, 2.24) is 4.90 Å². The predicted octanol–water partition coefficient (Wildman–Crippen LogP) is 1.43. The van der Waals surface area contributed by atoms with Crippen molar-refractivity contribution in [2.24, 2.45) is 5.73 Å². The van der Waals surface area contributed by atoms with E-state index in [1.165, 1.54) is 0 Å². The van der Waals surface area contributed by atoms with Gasteiger partial charge in [0.2, 0.25) is 0 Å². The van der Waals surface area contributed by atoms with Gasteiger partial charge in [0.15, 0.2) is 0 Å². The molecule has 0 heterocycles. The lowest BCUT2D eigenvalue weighted by atomic mass is 10.1. The zero-order valence-electron chi connectivity index (χ0n) is 8.43. The smallest absolute Gasteiger partial charge is 0.108 e. The van der Waals surface area contributed by atoms with Gasteiger partial charge in [0.25, 0.3) is 0 Å². The first-order valence-corrected chi connectivity index (χ1v) is 4.75. The lowest BCUT2D eigenvalue weighted by molar-refractivity contribution is 0.248. The summed E-state index contributed by atoms with van der Waals surface area (Å²) in [7, 11) is 0. The van der Waals surface area contributed by atoms with E-state index < -0.39 is 0 Å². The Labute approximate surface area is 75.4 Å². The van der Waals surface area contributed by atoms with Crippen LogP contribution in [0.1, 0.15) is 33.6 Å². The number of hydrogen-bond acceptors (Lipinski definition) is 2. The molecular weight excluding hydrogens is 150 g/mol.